The molecule has 0 saturated heterocycles. The zero-order chi connectivity index (χ0) is 15.0. The number of aromatic nitrogens is 1. The number of rotatable bonds is 3. The van der Waals surface area contributed by atoms with Crippen molar-refractivity contribution >= 4 is 17.1 Å². The van der Waals surface area contributed by atoms with Gasteiger partial charge < -0.3 is 5.73 Å². The van der Waals surface area contributed by atoms with Crippen LogP contribution < -0.4 is 5.73 Å². The highest BCUT2D eigenvalue weighted by molar-refractivity contribution is 7.13. The van der Waals surface area contributed by atoms with Crippen molar-refractivity contribution in [2.75, 3.05) is 0 Å². The van der Waals surface area contributed by atoms with E-state index in [-0.39, 0.29) is 4.88 Å². The fraction of sp³-hybridized carbons (Fsp3) is 0.231. The van der Waals surface area contributed by atoms with Crippen LogP contribution in [-0.2, 0) is 11.7 Å². The number of alkyl halides is 3. The van der Waals surface area contributed by atoms with Gasteiger partial charge in [-0.15, -0.1) is 11.3 Å². The van der Waals surface area contributed by atoms with Gasteiger partial charge in [0.15, 0.2) is 10.8 Å². The fourth-order valence-electron chi connectivity index (χ4n) is 1.68. The van der Waals surface area contributed by atoms with Crippen molar-refractivity contribution in [3.63, 3.8) is 0 Å². The third kappa shape index (κ3) is 2.73. The molecule has 0 spiro atoms. The topological polar surface area (TPSA) is 56.0 Å². The molecule has 0 aliphatic rings. The summed E-state index contributed by atoms with van der Waals surface area (Å²) in [5.74, 6) is -0.586. The summed E-state index contributed by atoms with van der Waals surface area (Å²) in [5, 5.41) is -1.05. The van der Waals surface area contributed by atoms with E-state index in [0.717, 1.165) is 6.20 Å². The second-order valence-electron chi connectivity index (χ2n) is 4.42. The van der Waals surface area contributed by atoms with Crippen molar-refractivity contribution in [2.45, 2.75) is 18.6 Å². The number of hydrogen-bond donors (Lipinski definition) is 1. The van der Waals surface area contributed by atoms with Crippen molar-refractivity contribution in [1.29, 1.82) is 0 Å². The molecule has 1 aromatic carbocycles. The van der Waals surface area contributed by atoms with Gasteiger partial charge in [-0.3, -0.25) is 4.79 Å². The Kier molecular flexibility index (Phi) is 3.66. The highest BCUT2D eigenvalue weighted by atomic mass is 32.1. The van der Waals surface area contributed by atoms with Crippen LogP contribution in [0, 0.1) is 0 Å². The third-order valence-corrected chi connectivity index (χ3v) is 3.86. The van der Waals surface area contributed by atoms with E-state index < -0.39 is 22.5 Å². The van der Waals surface area contributed by atoms with Crippen LogP contribution in [0.1, 0.15) is 27.2 Å². The second kappa shape index (κ2) is 4.99. The Morgan fingerprint density at radius 2 is 1.85 bits per heavy atom. The number of Topliss-reactive ketones (excluding diaryl/α,β-unsaturated/α-hetero) is 1. The number of nitrogens with zero attached hydrogens (tertiary/aromatic N) is 1. The Hall–Kier alpha value is -1.73. The van der Waals surface area contributed by atoms with Crippen molar-refractivity contribution in [1.82, 2.24) is 4.98 Å². The van der Waals surface area contributed by atoms with Crippen molar-refractivity contribution in [3.8, 4) is 0 Å². The molecule has 2 N–H and O–H groups in total. The van der Waals surface area contributed by atoms with Crippen molar-refractivity contribution < 1.29 is 18.0 Å². The molecule has 7 heteroatoms. The molecule has 0 aliphatic carbocycles. The smallest absolute Gasteiger partial charge is 0.315 e. The van der Waals surface area contributed by atoms with Gasteiger partial charge >= 0.3 is 6.18 Å². The van der Waals surface area contributed by atoms with Gasteiger partial charge in [-0.05, 0) is 12.5 Å². The average Bonchev–Trinajstić information content (AvgIpc) is 2.88. The molecule has 0 aliphatic heterocycles. The quantitative estimate of drug-likeness (QED) is 0.885. The first-order valence-electron chi connectivity index (χ1n) is 5.65. The van der Waals surface area contributed by atoms with E-state index in [9.17, 15) is 18.0 Å². The van der Waals surface area contributed by atoms with Crippen molar-refractivity contribution in [2.24, 2.45) is 5.73 Å². The third-order valence-electron chi connectivity index (χ3n) is 2.82. The predicted octanol–water partition coefficient (Wildman–Crippen LogP) is 3.22. The maximum absolute atomic E-state index is 12.5. The zero-order valence-electron chi connectivity index (χ0n) is 10.4. The van der Waals surface area contributed by atoms with E-state index in [2.05, 4.69) is 4.98 Å². The van der Waals surface area contributed by atoms with Crippen LogP contribution in [0.25, 0.3) is 0 Å². The molecule has 0 fully saturated rings. The van der Waals surface area contributed by atoms with Gasteiger partial charge in [0.2, 0.25) is 0 Å². The molecule has 2 aromatic rings. The van der Waals surface area contributed by atoms with Crippen LogP contribution in [0.4, 0.5) is 13.2 Å². The highest BCUT2D eigenvalue weighted by Gasteiger charge is 2.38. The maximum atomic E-state index is 12.5. The molecule has 0 saturated carbocycles. The van der Waals surface area contributed by atoms with Gasteiger partial charge in [0.1, 0.15) is 5.54 Å². The molecule has 1 unspecified atom stereocenters. The number of thiazole rings is 1. The number of halogens is 3. The summed E-state index contributed by atoms with van der Waals surface area (Å²) in [5.41, 5.74) is 5.12. The summed E-state index contributed by atoms with van der Waals surface area (Å²) in [6.07, 6.45) is -3.63. The highest BCUT2D eigenvalue weighted by Crippen LogP contribution is 2.34. The lowest BCUT2D eigenvalue weighted by atomic mass is 9.88. The lowest BCUT2D eigenvalue weighted by Gasteiger charge is -2.22. The predicted molar refractivity (Wildman–Crippen MR) is 69.4 cm³/mol. The molecule has 0 amide bonds. The largest absolute Gasteiger partial charge is 0.443 e. The summed E-state index contributed by atoms with van der Waals surface area (Å²) in [7, 11) is 0. The first kappa shape index (κ1) is 14.7. The molecule has 20 heavy (non-hydrogen) atoms. The molecule has 1 aromatic heterocycles. The molecular formula is C13H11F3N2OS. The lowest BCUT2D eigenvalue weighted by Crippen LogP contribution is -2.41. The summed E-state index contributed by atoms with van der Waals surface area (Å²) in [6, 6.07) is 8.49. The number of hydrogen-bond acceptors (Lipinski definition) is 4. The number of carbonyl (C=O) groups is 1. The van der Waals surface area contributed by atoms with Crippen LogP contribution in [0.3, 0.4) is 0 Å². The molecular weight excluding hydrogens is 289 g/mol. The van der Waals surface area contributed by atoms with Gasteiger partial charge in [0, 0.05) is 6.20 Å². The summed E-state index contributed by atoms with van der Waals surface area (Å²) in [6.45, 7) is 1.47. The van der Waals surface area contributed by atoms with Crippen LogP contribution in [0.5, 0.6) is 0 Å². The summed E-state index contributed by atoms with van der Waals surface area (Å²) in [4.78, 5) is 15.4. The molecule has 3 nitrogen and oxygen atoms in total. The average molecular weight is 300 g/mol. The van der Waals surface area contributed by atoms with E-state index in [0.29, 0.717) is 16.9 Å². The Morgan fingerprint density at radius 3 is 2.35 bits per heavy atom. The Labute approximate surface area is 117 Å². The molecule has 2 rings (SSSR count). The molecule has 1 atom stereocenters. The van der Waals surface area contributed by atoms with Crippen LogP contribution in [-0.4, -0.2) is 10.8 Å². The van der Waals surface area contributed by atoms with E-state index in [1.165, 1.54) is 6.92 Å². The minimum Gasteiger partial charge on any atom is -0.315 e. The summed E-state index contributed by atoms with van der Waals surface area (Å²) >= 11 is 0.304. The number of nitrogens with two attached hydrogens (primary N) is 1. The zero-order valence-corrected chi connectivity index (χ0v) is 11.3. The number of benzene rings is 1. The number of ketones is 1. The maximum Gasteiger partial charge on any atom is 0.443 e. The first-order valence-corrected chi connectivity index (χ1v) is 6.47. The lowest BCUT2D eigenvalue weighted by molar-refractivity contribution is -0.137. The Morgan fingerprint density at radius 1 is 1.25 bits per heavy atom. The van der Waals surface area contributed by atoms with Gasteiger partial charge in [0.25, 0.3) is 0 Å². The fourth-order valence-corrected chi connectivity index (χ4v) is 2.52. The van der Waals surface area contributed by atoms with Gasteiger partial charge in [0.05, 0.1) is 4.88 Å². The van der Waals surface area contributed by atoms with E-state index in [4.69, 9.17) is 5.73 Å². The van der Waals surface area contributed by atoms with Crippen molar-refractivity contribution in [3.05, 3.63) is 52.0 Å². The monoisotopic (exact) mass is 300 g/mol. The van der Waals surface area contributed by atoms with E-state index >= 15 is 0 Å². The standard InChI is InChI=1S/C13H11F3N2OS/c1-12(17,8-5-3-2-4-6-8)10(19)9-7-18-11(20-9)13(14,15)16/h2-7H,17H2,1H3. The Balaban J connectivity index is 2.34. The molecule has 0 bridgehead atoms. The molecule has 0 radical (unpaired) electrons. The summed E-state index contributed by atoms with van der Waals surface area (Å²) < 4.78 is 37.5. The van der Waals surface area contributed by atoms with Gasteiger partial charge in [-0.25, -0.2) is 4.98 Å². The SMILES string of the molecule is CC(N)(C(=O)c1cnc(C(F)(F)F)s1)c1ccccc1. The minimum absolute atomic E-state index is 0.105. The van der Waals surface area contributed by atoms with Gasteiger partial charge in [-0.1, -0.05) is 30.3 Å². The molecule has 1 heterocycles. The minimum atomic E-state index is -4.55. The van der Waals surface area contributed by atoms with E-state index in [1.54, 1.807) is 30.3 Å². The van der Waals surface area contributed by atoms with Crippen LogP contribution in [0.2, 0.25) is 0 Å². The van der Waals surface area contributed by atoms with Crippen LogP contribution in [0.15, 0.2) is 36.5 Å². The second-order valence-corrected chi connectivity index (χ2v) is 5.46. The van der Waals surface area contributed by atoms with Crippen LogP contribution >= 0.6 is 11.3 Å². The molecule has 106 valence electrons. The van der Waals surface area contributed by atoms with Gasteiger partial charge in [-0.2, -0.15) is 13.2 Å². The normalized spacial score (nSPS) is 14.8. The Bertz CT molecular complexity index is 620. The number of carbonyl (C=O) groups excluding carboxylic acids is 1. The van der Waals surface area contributed by atoms with E-state index in [1.807, 2.05) is 0 Å². The first-order chi connectivity index (χ1) is 9.23.